The van der Waals surface area contributed by atoms with Crippen LogP contribution in [-0.2, 0) is 23.8 Å². The van der Waals surface area contributed by atoms with Crippen molar-refractivity contribution in [2.24, 2.45) is 0 Å². The molecular formula is C11H20O5S. The van der Waals surface area contributed by atoms with Gasteiger partial charge in [-0.1, -0.05) is 6.58 Å². The molecule has 0 N–H and O–H groups in total. The third-order valence-electron chi connectivity index (χ3n) is 3.08. The summed E-state index contributed by atoms with van der Waals surface area (Å²) in [5.74, 6) is 0. The molecule has 0 aliphatic carbocycles. The first-order valence-corrected chi connectivity index (χ1v) is 6.97. The Morgan fingerprint density at radius 2 is 2.06 bits per heavy atom. The number of hydrogen-bond acceptors (Lipinski definition) is 5. The molecule has 1 fully saturated rings. The molecule has 1 aliphatic rings. The van der Waals surface area contributed by atoms with Gasteiger partial charge in [0.15, 0.2) is 0 Å². The summed E-state index contributed by atoms with van der Waals surface area (Å²) >= 11 is 0. The second-order valence-electron chi connectivity index (χ2n) is 4.55. The van der Waals surface area contributed by atoms with Crippen molar-refractivity contribution < 1.29 is 22.1 Å². The summed E-state index contributed by atoms with van der Waals surface area (Å²) in [6.07, 6.45) is -0.461. The molecule has 1 heterocycles. The maximum Gasteiger partial charge on any atom is 0.289 e. The lowest BCUT2D eigenvalue weighted by Gasteiger charge is -2.45. The van der Waals surface area contributed by atoms with Crippen molar-refractivity contribution in [3.63, 3.8) is 0 Å². The molecule has 17 heavy (non-hydrogen) atoms. The second-order valence-corrected chi connectivity index (χ2v) is 6.06. The number of rotatable bonds is 4. The van der Waals surface area contributed by atoms with Crippen LogP contribution >= 0.6 is 0 Å². The minimum absolute atomic E-state index is 0.00114. The minimum atomic E-state index is -3.75. The fourth-order valence-electron chi connectivity index (χ4n) is 2.23. The van der Waals surface area contributed by atoms with Gasteiger partial charge in [0.2, 0.25) is 0 Å². The Kier molecular flexibility index (Phi) is 4.35. The zero-order chi connectivity index (χ0) is 13.3. The summed E-state index contributed by atoms with van der Waals surface area (Å²) in [5, 5.41) is 0.786. The molecule has 0 unspecified atom stereocenters. The van der Waals surface area contributed by atoms with E-state index in [-0.39, 0.29) is 12.2 Å². The SMILES string of the molecule is C=CS(=O)(=O)O[C@H]1[C@H](C)O[C@@H](C)C[C@@]1(C)OC. The molecule has 0 aromatic carbocycles. The molecule has 5 nitrogen and oxygen atoms in total. The van der Waals surface area contributed by atoms with Crippen LogP contribution in [0.5, 0.6) is 0 Å². The summed E-state index contributed by atoms with van der Waals surface area (Å²) in [5.41, 5.74) is -0.687. The lowest BCUT2D eigenvalue weighted by Crippen LogP contribution is -2.56. The third-order valence-corrected chi connectivity index (χ3v) is 3.96. The van der Waals surface area contributed by atoms with Crippen molar-refractivity contribution in [3.05, 3.63) is 12.0 Å². The lowest BCUT2D eigenvalue weighted by molar-refractivity contribution is -0.200. The lowest BCUT2D eigenvalue weighted by atomic mass is 9.86. The number of hydrogen-bond donors (Lipinski definition) is 0. The van der Waals surface area contributed by atoms with Crippen LogP contribution in [0.4, 0.5) is 0 Å². The minimum Gasteiger partial charge on any atom is -0.376 e. The van der Waals surface area contributed by atoms with Crippen LogP contribution in [-0.4, -0.2) is 39.4 Å². The van der Waals surface area contributed by atoms with Gasteiger partial charge in [0.25, 0.3) is 10.1 Å². The first kappa shape index (κ1) is 14.6. The molecule has 0 aromatic heterocycles. The molecule has 1 saturated heterocycles. The molecule has 6 heteroatoms. The molecule has 0 aromatic rings. The van der Waals surface area contributed by atoms with E-state index in [0.717, 1.165) is 5.41 Å². The topological polar surface area (TPSA) is 61.8 Å². The molecule has 4 atom stereocenters. The summed E-state index contributed by atoms with van der Waals surface area (Å²) in [7, 11) is -2.20. The van der Waals surface area contributed by atoms with Gasteiger partial charge in [0.05, 0.1) is 23.2 Å². The van der Waals surface area contributed by atoms with E-state index < -0.39 is 21.8 Å². The van der Waals surface area contributed by atoms with Crippen LogP contribution in [0, 0.1) is 0 Å². The fourth-order valence-corrected chi connectivity index (χ4v) is 2.96. The largest absolute Gasteiger partial charge is 0.376 e. The van der Waals surface area contributed by atoms with E-state index in [4.69, 9.17) is 13.7 Å². The molecule has 0 spiro atoms. The number of ether oxygens (including phenoxy) is 2. The summed E-state index contributed by atoms with van der Waals surface area (Å²) < 4.78 is 39.0. The van der Waals surface area contributed by atoms with E-state index in [0.29, 0.717) is 6.42 Å². The van der Waals surface area contributed by atoms with Crippen LogP contribution in [0.25, 0.3) is 0 Å². The first-order chi connectivity index (χ1) is 7.74. The average Bonchev–Trinajstić information content (AvgIpc) is 2.24. The normalized spacial score (nSPS) is 38.9. The Labute approximate surface area is 103 Å². The molecule has 0 saturated carbocycles. The van der Waals surface area contributed by atoms with Gasteiger partial charge < -0.3 is 9.47 Å². The molecule has 1 rings (SSSR count). The van der Waals surface area contributed by atoms with E-state index in [1.807, 2.05) is 13.8 Å². The van der Waals surface area contributed by atoms with E-state index in [9.17, 15) is 8.42 Å². The van der Waals surface area contributed by atoms with Gasteiger partial charge in [-0.15, -0.1) is 0 Å². The van der Waals surface area contributed by atoms with Crippen molar-refractivity contribution in [3.8, 4) is 0 Å². The van der Waals surface area contributed by atoms with Crippen molar-refractivity contribution in [1.29, 1.82) is 0 Å². The van der Waals surface area contributed by atoms with Gasteiger partial charge in [-0.05, 0) is 20.8 Å². The predicted molar refractivity (Wildman–Crippen MR) is 64.0 cm³/mol. The Balaban J connectivity index is 2.97. The van der Waals surface area contributed by atoms with Crippen molar-refractivity contribution >= 4 is 10.1 Å². The van der Waals surface area contributed by atoms with Crippen LogP contribution in [0.2, 0.25) is 0 Å². The van der Waals surface area contributed by atoms with E-state index in [1.54, 1.807) is 14.0 Å². The highest BCUT2D eigenvalue weighted by molar-refractivity contribution is 7.89. The standard InChI is InChI=1S/C11H20O5S/c1-6-17(12,13)16-10-9(3)15-8(2)7-11(10,4)14-5/h6,8-10H,1,7H2,2-5H3/t8-,9-,10-,11+/m0/s1. The van der Waals surface area contributed by atoms with Gasteiger partial charge in [-0.3, -0.25) is 4.18 Å². The monoisotopic (exact) mass is 264 g/mol. The maximum absolute atomic E-state index is 11.4. The van der Waals surface area contributed by atoms with E-state index in [1.165, 1.54) is 0 Å². The molecule has 0 amide bonds. The highest BCUT2D eigenvalue weighted by atomic mass is 32.2. The van der Waals surface area contributed by atoms with E-state index in [2.05, 4.69) is 6.58 Å². The molecule has 0 bridgehead atoms. The fraction of sp³-hybridized carbons (Fsp3) is 0.818. The van der Waals surface area contributed by atoms with Gasteiger partial charge in [0.1, 0.15) is 6.10 Å². The molecule has 100 valence electrons. The van der Waals surface area contributed by atoms with Gasteiger partial charge >= 0.3 is 0 Å². The van der Waals surface area contributed by atoms with Gasteiger partial charge in [0, 0.05) is 13.5 Å². The molecule has 0 radical (unpaired) electrons. The zero-order valence-corrected chi connectivity index (χ0v) is 11.5. The summed E-state index contributed by atoms with van der Waals surface area (Å²) in [6, 6.07) is 0. The Morgan fingerprint density at radius 3 is 2.53 bits per heavy atom. The van der Waals surface area contributed by atoms with Crippen molar-refractivity contribution in [2.75, 3.05) is 7.11 Å². The molecular weight excluding hydrogens is 244 g/mol. The quantitative estimate of drug-likeness (QED) is 0.719. The smallest absolute Gasteiger partial charge is 0.289 e. The van der Waals surface area contributed by atoms with Crippen LogP contribution in [0.15, 0.2) is 12.0 Å². The van der Waals surface area contributed by atoms with Gasteiger partial charge in [-0.2, -0.15) is 8.42 Å². The highest BCUT2D eigenvalue weighted by Crippen LogP contribution is 2.34. The Morgan fingerprint density at radius 1 is 1.47 bits per heavy atom. The van der Waals surface area contributed by atoms with Crippen LogP contribution in [0.1, 0.15) is 27.2 Å². The maximum atomic E-state index is 11.4. The number of methoxy groups -OCH3 is 1. The Bertz CT molecular complexity index is 377. The van der Waals surface area contributed by atoms with Crippen LogP contribution in [0.3, 0.4) is 0 Å². The Hall–Kier alpha value is -0.430. The summed E-state index contributed by atoms with van der Waals surface area (Å²) in [6.45, 7) is 8.74. The van der Waals surface area contributed by atoms with Crippen molar-refractivity contribution in [1.82, 2.24) is 0 Å². The predicted octanol–water partition coefficient (Wildman–Crippen LogP) is 1.45. The summed E-state index contributed by atoms with van der Waals surface area (Å²) in [4.78, 5) is 0. The highest BCUT2D eigenvalue weighted by Gasteiger charge is 2.47. The average molecular weight is 264 g/mol. The first-order valence-electron chi connectivity index (χ1n) is 5.50. The third kappa shape index (κ3) is 3.28. The zero-order valence-electron chi connectivity index (χ0n) is 10.7. The van der Waals surface area contributed by atoms with E-state index >= 15 is 0 Å². The van der Waals surface area contributed by atoms with Gasteiger partial charge in [-0.25, -0.2) is 0 Å². The van der Waals surface area contributed by atoms with Crippen LogP contribution < -0.4 is 0 Å². The second kappa shape index (κ2) is 5.06. The molecule has 1 aliphatic heterocycles. The van der Waals surface area contributed by atoms with Crippen molar-refractivity contribution in [2.45, 2.75) is 51.1 Å².